The lowest BCUT2D eigenvalue weighted by atomic mass is 10.4. The van der Waals surface area contributed by atoms with E-state index >= 15 is 0 Å². The molecule has 0 unspecified atom stereocenters. The summed E-state index contributed by atoms with van der Waals surface area (Å²) in [5, 5.41) is 0.748. The molecular weight excluding hydrogens is 172 g/mol. The van der Waals surface area contributed by atoms with Gasteiger partial charge in [0, 0.05) is 0 Å². The van der Waals surface area contributed by atoms with E-state index in [0.717, 1.165) is 16.2 Å². The third-order valence-corrected chi connectivity index (χ3v) is 1.98. The van der Waals surface area contributed by atoms with Crippen LogP contribution in [0.15, 0.2) is 23.9 Å². The summed E-state index contributed by atoms with van der Waals surface area (Å²) in [6, 6.07) is 0. The van der Waals surface area contributed by atoms with Crippen LogP contribution in [0.4, 0.5) is 0 Å². The van der Waals surface area contributed by atoms with E-state index in [2.05, 4.69) is 19.9 Å². The van der Waals surface area contributed by atoms with Gasteiger partial charge in [-0.05, 0) is 6.26 Å². The number of nitrogens with zero attached hydrogens (tertiary/aromatic N) is 4. The first-order valence-corrected chi connectivity index (χ1v) is 4.59. The molecule has 0 aromatic carbocycles. The fourth-order valence-electron chi connectivity index (χ4n) is 0.864. The van der Waals surface area contributed by atoms with Gasteiger partial charge in [0.05, 0.1) is 12.4 Å². The van der Waals surface area contributed by atoms with Gasteiger partial charge in [0.25, 0.3) is 0 Å². The van der Waals surface area contributed by atoms with Crippen molar-refractivity contribution in [2.24, 2.45) is 0 Å². The Balaban J connectivity index is 2.67. The fraction of sp³-hybridized carbons (Fsp3) is 0.143. The van der Waals surface area contributed by atoms with E-state index in [0.29, 0.717) is 0 Å². The predicted octanol–water partition coefficient (Wildman–Crippen LogP) is 1.14. The van der Waals surface area contributed by atoms with Crippen LogP contribution < -0.4 is 0 Å². The van der Waals surface area contributed by atoms with E-state index in [-0.39, 0.29) is 0 Å². The minimum absolute atomic E-state index is 0.748. The zero-order valence-corrected chi connectivity index (χ0v) is 7.25. The summed E-state index contributed by atoms with van der Waals surface area (Å²) in [6.07, 6.45) is 6.81. The molecule has 0 spiro atoms. The first-order valence-electron chi connectivity index (χ1n) is 3.37. The highest BCUT2D eigenvalue weighted by Gasteiger charge is 1.97. The van der Waals surface area contributed by atoms with Crippen LogP contribution in [0.1, 0.15) is 0 Å². The molecule has 12 heavy (non-hydrogen) atoms. The molecule has 0 atom stereocenters. The number of rotatable bonds is 1. The predicted molar refractivity (Wildman–Crippen MR) is 46.9 cm³/mol. The molecule has 0 bridgehead atoms. The number of fused-ring (bicyclic) bond motifs is 1. The number of aromatic nitrogens is 4. The lowest BCUT2D eigenvalue weighted by Crippen LogP contribution is -1.89. The molecule has 5 heteroatoms. The number of hydrogen-bond acceptors (Lipinski definition) is 5. The Bertz CT molecular complexity index is 403. The van der Waals surface area contributed by atoms with Crippen molar-refractivity contribution in [2.75, 3.05) is 6.26 Å². The summed E-state index contributed by atoms with van der Waals surface area (Å²) in [7, 11) is 0. The smallest absolute Gasteiger partial charge is 0.187 e. The highest BCUT2D eigenvalue weighted by atomic mass is 32.2. The summed E-state index contributed by atoms with van der Waals surface area (Å²) >= 11 is 1.51. The molecule has 2 aromatic heterocycles. The van der Waals surface area contributed by atoms with Crippen molar-refractivity contribution >= 4 is 22.8 Å². The van der Waals surface area contributed by atoms with Crippen molar-refractivity contribution in [3.63, 3.8) is 0 Å². The maximum absolute atomic E-state index is 4.22. The third-order valence-electron chi connectivity index (χ3n) is 1.42. The molecule has 4 nitrogen and oxygen atoms in total. The zero-order chi connectivity index (χ0) is 8.39. The molecule has 0 aliphatic carbocycles. The lowest BCUT2D eigenvalue weighted by Gasteiger charge is -1.95. The summed E-state index contributed by atoms with van der Waals surface area (Å²) in [5.41, 5.74) is 1.57. The Morgan fingerprint density at radius 3 is 2.92 bits per heavy atom. The number of thioether (sulfide) groups is 1. The van der Waals surface area contributed by atoms with Gasteiger partial charge >= 0.3 is 0 Å². The molecule has 0 aliphatic heterocycles. The minimum Gasteiger partial charge on any atom is -0.243 e. The molecule has 0 amide bonds. The van der Waals surface area contributed by atoms with Gasteiger partial charge in [-0.15, -0.1) is 0 Å². The lowest BCUT2D eigenvalue weighted by molar-refractivity contribution is 0.991. The van der Waals surface area contributed by atoms with Crippen LogP contribution in [-0.2, 0) is 0 Å². The Morgan fingerprint density at radius 1 is 1.17 bits per heavy atom. The molecule has 60 valence electrons. The van der Waals surface area contributed by atoms with E-state index < -0.39 is 0 Å². The Kier molecular flexibility index (Phi) is 1.87. The second kappa shape index (κ2) is 3.02. The van der Waals surface area contributed by atoms with Crippen molar-refractivity contribution in [1.82, 2.24) is 19.9 Å². The standard InChI is InChI=1S/C7H6N4S/c1-12-7-9-3-5-6(11-7)2-8-4-10-5/h2-4H,1H3. The zero-order valence-electron chi connectivity index (χ0n) is 6.43. The van der Waals surface area contributed by atoms with E-state index in [1.807, 2.05) is 6.26 Å². The summed E-state index contributed by atoms with van der Waals surface area (Å²) in [6.45, 7) is 0. The minimum atomic E-state index is 0.748. The van der Waals surface area contributed by atoms with Crippen LogP contribution >= 0.6 is 11.8 Å². The van der Waals surface area contributed by atoms with Gasteiger partial charge in [0.15, 0.2) is 5.16 Å². The van der Waals surface area contributed by atoms with Crippen LogP contribution in [-0.4, -0.2) is 26.2 Å². The van der Waals surface area contributed by atoms with Crippen LogP contribution in [0, 0.1) is 0 Å². The van der Waals surface area contributed by atoms with Gasteiger partial charge in [-0.2, -0.15) is 0 Å². The van der Waals surface area contributed by atoms with Gasteiger partial charge in [-0.3, -0.25) is 0 Å². The summed E-state index contributed by atoms with van der Waals surface area (Å²) in [5.74, 6) is 0. The average molecular weight is 178 g/mol. The van der Waals surface area contributed by atoms with Gasteiger partial charge in [-0.25, -0.2) is 19.9 Å². The first-order chi connectivity index (χ1) is 5.90. The third kappa shape index (κ3) is 1.23. The van der Waals surface area contributed by atoms with Crippen molar-refractivity contribution < 1.29 is 0 Å². The second-order valence-electron chi connectivity index (χ2n) is 2.15. The van der Waals surface area contributed by atoms with Crippen molar-refractivity contribution in [2.45, 2.75) is 5.16 Å². The maximum Gasteiger partial charge on any atom is 0.187 e. The Hall–Kier alpha value is -1.23. The van der Waals surface area contributed by atoms with Crippen LogP contribution in [0.25, 0.3) is 11.0 Å². The van der Waals surface area contributed by atoms with Gasteiger partial charge < -0.3 is 0 Å². The van der Waals surface area contributed by atoms with Gasteiger partial charge in [-0.1, -0.05) is 11.8 Å². The molecule has 0 radical (unpaired) electrons. The average Bonchev–Trinajstić information content (AvgIpc) is 2.17. The summed E-state index contributed by atoms with van der Waals surface area (Å²) in [4.78, 5) is 16.2. The molecule has 0 N–H and O–H groups in total. The van der Waals surface area contributed by atoms with Crippen molar-refractivity contribution in [3.05, 3.63) is 18.7 Å². The Morgan fingerprint density at radius 2 is 2.08 bits per heavy atom. The van der Waals surface area contributed by atoms with Crippen LogP contribution in [0.3, 0.4) is 0 Å². The number of hydrogen-bond donors (Lipinski definition) is 0. The van der Waals surface area contributed by atoms with Gasteiger partial charge in [0.2, 0.25) is 0 Å². The maximum atomic E-state index is 4.22. The molecule has 0 saturated heterocycles. The molecular formula is C7H6N4S. The summed E-state index contributed by atoms with van der Waals surface area (Å²) < 4.78 is 0. The molecule has 2 heterocycles. The van der Waals surface area contributed by atoms with E-state index in [4.69, 9.17) is 0 Å². The topological polar surface area (TPSA) is 51.6 Å². The van der Waals surface area contributed by atoms with Crippen molar-refractivity contribution in [3.8, 4) is 0 Å². The monoisotopic (exact) mass is 178 g/mol. The quantitative estimate of drug-likeness (QED) is 0.484. The molecule has 2 aromatic rings. The van der Waals surface area contributed by atoms with Gasteiger partial charge in [0.1, 0.15) is 17.4 Å². The van der Waals surface area contributed by atoms with Crippen LogP contribution in [0.2, 0.25) is 0 Å². The highest BCUT2D eigenvalue weighted by Crippen LogP contribution is 2.11. The fourth-order valence-corrected chi connectivity index (χ4v) is 1.21. The van der Waals surface area contributed by atoms with Crippen molar-refractivity contribution in [1.29, 1.82) is 0 Å². The molecule has 0 aliphatic rings. The Labute approximate surface area is 73.5 Å². The molecule has 0 saturated carbocycles. The first kappa shape index (κ1) is 7.42. The normalized spacial score (nSPS) is 10.4. The van der Waals surface area contributed by atoms with E-state index in [9.17, 15) is 0 Å². The SMILES string of the molecule is CSc1ncc2ncncc2n1. The highest BCUT2D eigenvalue weighted by molar-refractivity contribution is 7.98. The largest absolute Gasteiger partial charge is 0.243 e. The van der Waals surface area contributed by atoms with E-state index in [1.54, 1.807) is 12.4 Å². The molecule has 2 rings (SSSR count). The van der Waals surface area contributed by atoms with E-state index in [1.165, 1.54) is 18.1 Å². The molecule has 0 fully saturated rings. The second-order valence-corrected chi connectivity index (χ2v) is 2.92. The van der Waals surface area contributed by atoms with Crippen LogP contribution in [0.5, 0.6) is 0 Å².